The maximum atomic E-state index is 13.0. The zero-order chi connectivity index (χ0) is 43.9. The second kappa shape index (κ2) is 44.1. The second-order valence-corrected chi connectivity index (χ2v) is 12.9. The Hall–Kier alpha value is -3.95. The van der Waals surface area contributed by atoms with Crippen LogP contribution in [0.2, 0.25) is 0 Å². The first-order chi connectivity index (χ1) is 30.1. The van der Waals surface area contributed by atoms with Crippen molar-refractivity contribution in [3.8, 4) is 0 Å². The van der Waals surface area contributed by atoms with Gasteiger partial charge >= 0.3 is 5.97 Å². The van der Waals surface area contributed by atoms with Crippen molar-refractivity contribution in [3.63, 3.8) is 0 Å². The quantitative estimate of drug-likeness (QED) is 0.0315. The molecule has 0 saturated carbocycles. The van der Waals surface area contributed by atoms with Crippen LogP contribution >= 0.6 is 0 Å². The maximum Gasteiger partial charge on any atom is 0.328 e. The van der Waals surface area contributed by atoms with E-state index in [2.05, 4.69) is 25.4 Å². The highest BCUT2D eigenvalue weighted by atomic mass is 16.6. The van der Waals surface area contributed by atoms with E-state index in [4.69, 9.17) is 63.2 Å². The van der Waals surface area contributed by atoms with Crippen LogP contribution in [0.4, 0.5) is 0 Å². The topological polar surface area (TPSA) is 262 Å². The fourth-order valence-electron chi connectivity index (χ4n) is 4.93. The zero-order valence-electron chi connectivity index (χ0n) is 35.6. The molecule has 61 heavy (non-hydrogen) atoms. The van der Waals surface area contributed by atoms with Crippen molar-refractivity contribution in [1.82, 2.24) is 5.32 Å². The Bertz CT molecular complexity index is 1310. The molecule has 346 valence electrons. The molecular weight excluding hydrogens is 802 g/mol. The minimum atomic E-state index is -0.820. The molecule has 1 rings (SSSR count). The molecule has 1 amide bonds. The summed E-state index contributed by atoms with van der Waals surface area (Å²) in [6.45, 7) is 8.36. The molecule has 0 fully saturated rings. The predicted octanol–water partition coefficient (Wildman–Crippen LogP) is 4.30. The summed E-state index contributed by atoms with van der Waals surface area (Å²) >= 11 is 0. The number of esters is 1. The molecular formula is C40H67N7O14. The number of hydrogen-bond donors (Lipinski definition) is 1. The highest BCUT2D eigenvalue weighted by Crippen LogP contribution is 2.11. The van der Waals surface area contributed by atoms with Crippen molar-refractivity contribution in [1.29, 1.82) is 0 Å². The average Bonchev–Trinajstić information content (AvgIpc) is 3.27. The summed E-state index contributed by atoms with van der Waals surface area (Å²) in [4.78, 5) is 43.4. The predicted molar refractivity (Wildman–Crippen MR) is 222 cm³/mol. The molecule has 0 aliphatic heterocycles. The van der Waals surface area contributed by atoms with Crippen molar-refractivity contribution in [2.75, 3.05) is 145 Å². The van der Waals surface area contributed by atoms with Crippen molar-refractivity contribution in [2.45, 2.75) is 57.6 Å². The van der Waals surface area contributed by atoms with Crippen molar-refractivity contribution in [3.05, 3.63) is 56.8 Å². The van der Waals surface area contributed by atoms with Crippen LogP contribution in [-0.4, -0.2) is 169 Å². The molecule has 0 saturated heterocycles. The lowest BCUT2D eigenvalue weighted by Gasteiger charge is -2.18. The van der Waals surface area contributed by atoms with Crippen LogP contribution in [0.5, 0.6) is 0 Å². The standard InChI is InChI=1S/C40H67N7O14/c41-46-43-13-17-53-21-25-57-29-33-59-31-27-55-23-19-51-15-11-37(48)9-5-2-6-10-38(40(50)61-35-36-7-3-1-4-8-36)45-39(49)12-16-52-20-24-56-28-32-60-34-30-58-26-22-54-18-14-44-47-42/h1,3-4,7-8,38H,2,5-6,9-35H2,(H,45,49)/t38-/m0/s1. The van der Waals surface area contributed by atoms with Gasteiger partial charge in [-0.1, -0.05) is 53.4 Å². The van der Waals surface area contributed by atoms with Gasteiger partial charge in [0.1, 0.15) is 18.4 Å². The molecule has 0 aromatic heterocycles. The summed E-state index contributed by atoms with van der Waals surface area (Å²) in [5.41, 5.74) is 17.2. The zero-order valence-corrected chi connectivity index (χ0v) is 35.6. The van der Waals surface area contributed by atoms with E-state index in [0.29, 0.717) is 177 Å². The Morgan fingerprint density at radius 2 is 0.918 bits per heavy atom. The van der Waals surface area contributed by atoms with Crippen LogP contribution in [0.15, 0.2) is 40.6 Å². The van der Waals surface area contributed by atoms with Crippen LogP contribution in [0.3, 0.4) is 0 Å². The molecule has 0 radical (unpaired) electrons. The minimum absolute atomic E-state index is 0.0688. The molecule has 1 aromatic carbocycles. The normalized spacial score (nSPS) is 11.4. The lowest BCUT2D eigenvalue weighted by atomic mass is 10.0. The number of carbonyl (C=O) groups excluding carboxylic acids is 3. The summed E-state index contributed by atoms with van der Waals surface area (Å²) in [6, 6.07) is 8.49. The van der Waals surface area contributed by atoms with Gasteiger partial charge < -0.3 is 57.4 Å². The Morgan fingerprint density at radius 1 is 0.508 bits per heavy atom. The number of hydrogen-bond acceptors (Lipinski definition) is 16. The molecule has 21 heteroatoms. The molecule has 21 nitrogen and oxygen atoms in total. The van der Waals surface area contributed by atoms with Gasteiger partial charge in [0, 0.05) is 42.2 Å². The number of rotatable bonds is 46. The van der Waals surface area contributed by atoms with Crippen LogP contribution in [0.1, 0.15) is 50.5 Å². The van der Waals surface area contributed by atoms with E-state index in [0.717, 1.165) is 5.56 Å². The Labute approximate surface area is 358 Å². The number of ketones is 1. The number of azide groups is 2. The summed E-state index contributed by atoms with van der Waals surface area (Å²) in [5.74, 6) is -0.737. The van der Waals surface area contributed by atoms with E-state index in [1.165, 1.54) is 0 Å². The maximum absolute atomic E-state index is 13.0. The van der Waals surface area contributed by atoms with E-state index in [-0.39, 0.29) is 31.3 Å². The van der Waals surface area contributed by atoms with Crippen LogP contribution in [-0.2, 0) is 73.1 Å². The number of amides is 1. The van der Waals surface area contributed by atoms with Gasteiger partial charge in [-0.2, -0.15) is 0 Å². The lowest BCUT2D eigenvalue weighted by Crippen LogP contribution is -2.42. The third-order valence-corrected chi connectivity index (χ3v) is 8.06. The summed E-state index contributed by atoms with van der Waals surface area (Å²) < 4.78 is 59.6. The van der Waals surface area contributed by atoms with E-state index in [1.54, 1.807) is 0 Å². The highest BCUT2D eigenvalue weighted by Gasteiger charge is 2.22. The van der Waals surface area contributed by atoms with Crippen molar-refractivity contribution >= 4 is 17.7 Å². The van der Waals surface area contributed by atoms with Crippen LogP contribution < -0.4 is 5.32 Å². The first-order valence-electron chi connectivity index (χ1n) is 20.9. The molecule has 0 aliphatic rings. The largest absolute Gasteiger partial charge is 0.459 e. The van der Waals surface area contributed by atoms with Crippen molar-refractivity contribution < 1.29 is 66.5 Å². The van der Waals surface area contributed by atoms with Gasteiger partial charge in [0.2, 0.25) is 5.91 Å². The smallest absolute Gasteiger partial charge is 0.328 e. The summed E-state index contributed by atoms with van der Waals surface area (Å²) in [5, 5.41) is 9.54. The fourth-order valence-corrected chi connectivity index (χ4v) is 4.93. The minimum Gasteiger partial charge on any atom is -0.459 e. The molecule has 0 unspecified atom stereocenters. The molecule has 0 spiro atoms. The SMILES string of the molecule is [N-]=[N+]=NCCOCCOCCOCCOCCOCCC(=O)CCCCC[C@H](NC(=O)CCOCCOCCOCCOCCOCCN=[N+]=[N-])C(=O)OCc1ccccc1. The number of Topliss-reactive ketones (excluding diaryl/α,β-unsaturated/α-hetero) is 1. The van der Waals surface area contributed by atoms with Gasteiger partial charge in [-0.25, -0.2) is 4.79 Å². The number of carbonyl (C=O) groups is 3. The highest BCUT2D eigenvalue weighted by molar-refractivity contribution is 5.84. The van der Waals surface area contributed by atoms with Gasteiger partial charge in [-0.05, 0) is 29.5 Å². The average molecular weight is 870 g/mol. The molecule has 0 aliphatic carbocycles. The Balaban J connectivity index is 2.11. The molecule has 1 N–H and O–H groups in total. The number of benzene rings is 1. The summed E-state index contributed by atoms with van der Waals surface area (Å²) in [6.07, 6.45) is 3.16. The van der Waals surface area contributed by atoms with Crippen molar-refractivity contribution in [2.24, 2.45) is 10.2 Å². The molecule has 1 aromatic rings. The van der Waals surface area contributed by atoms with E-state index in [9.17, 15) is 14.4 Å². The summed E-state index contributed by atoms with van der Waals surface area (Å²) in [7, 11) is 0. The van der Waals surface area contributed by atoms with E-state index < -0.39 is 12.0 Å². The van der Waals surface area contributed by atoms with Crippen LogP contribution in [0, 0.1) is 0 Å². The third-order valence-electron chi connectivity index (χ3n) is 8.06. The van der Waals surface area contributed by atoms with E-state index in [1.807, 2.05) is 30.3 Å². The Morgan fingerprint density at radius 3 is 1.36 bits per heavy atom. The first kappa shape index (κ1) is 55.1. The van der Waals surface area contributed by atoms with Gasteiger partial charge in [-0.15, -0.1) is 0 Å². The lowest BCUT2D eigenvalue weighted by molar-refractivity contribution is -0.149. The number of ether oxygens (including phenoxy) is 11. The molecule has 1 atom stereocenters. The third kappa shape index (κ3) is 38.7. The number of unbranched alkanes of at least 4 members (excludes halogenated alkanes) is 2. The van der Waals surface area contributed by atoms with Gasteiger partial charge in [0.15, 0.2) is 0 Å². The molecule has 0 bridgehead atoms. The first-order valence-corrected chi connectivity index (χ1v) is 20.9. The Kier molecular flexibility index (Phi) is 39.8. The van der Waals surface area contributed by atoms with Gasteiger partial charge in [0.05, 0.1) is 132 Å². The monoisotopic (exact) mass is 869 g/mol. The number of nitrogens with one attached hydrogen (secondary N) is 1. The number of nitrogens with zero attached hydrogens (tertiary/aromatic N) is 6. The van der Waals surface area contributed by atoms with Crippen LogP contribution in [0.25, 0.3) is 20.9 Å². The fraction of sp³-hybridized carbons (Fsp3) is 0.775. The van der Waals surface area contributed by atoms with Gasteiger partial charge in [0.25, 0.3) is 0 Å². The van der Waals surface area contributed by atoms with Gasteiger partial charge in [-0.3, -0.25) is 9.59 Å². The van der Waals surface area contributed by atoms with E-state index >= 15 is 0 Å². The molecule has 0 heterocycles. The second-order valence-electron chi connectivity index (χ2n) is 12.9.